The van der Waals surface area contributed by atoms with Crippen molar-refractivity contribution in [1.29, 1.82) is 0 Å². The van der Waals surface area contributed by atoms with E-state index in [0.29, 0.717) is 18.2 Å². The molecule has 2 aromatic rings. The summed E-state index contributed by atoms with van der Waals surface area (Å²) in [4.78, 5) is -0.317. The monoisotopic (exact) mass is 301 g/mol. The smallest absolute Gasteiger partial charge is 0.240 e. The van der Waals surface area contributed by atoms with Crippen LogP contribution in [-0.2, 0) is 16.4 Å². The predicted octanol–water partition coefficient (Wildman–Crippen LogP) is 2.47. The van der Waals surface area contributed by atoms with E-state index in [1.165, 1.54) is 6.26 Å². The third-order valence-electron chi connectivity index (χ3n) is 2.65. The number of nitrogens with one attached hydrogen (secondary N) is 1. The van der Waals surface area contributed by atoms with E-state index in [4.69, 9.17) is 4.42 Å². The zero-order valence-corrected chi connectivity index (χ0v) is 11.5. The van der Waals surface area contributed by atoms with E-state index in [2.05, 4.69) is 4.72 Å². The highest BCUT2D eigenvalue weighted by atomic mass is 32.2. The largest absolute Gasteiger partial charge is 0.469 e. The van der Waals surface area contributed by atoms with E-state index in [9.17, 15) is 17.2 Å². The van der Waals surface area contributed by atoms with Crippen molar-refractivity contribution in [3.05, 3.63) is 54.0 Å². The number of halogens is 2. The van der Waals surface area contributed by atoms with Crippen LogP contribution in [0.1, 0.15) is 12.7 Å². The van der Waals surface area contributed by atoms with Gasteiger partial charge in [-0.2, -0.15) is 0 Å². The molecule has 108 valence electrons. The molecular formula is C13H13F2NO3S. The zero-order chi connectivity index (χ0) is 14.8. The Labute approximate surface area is 115 Å². The van der Waals surface area contributed by atoms with E-state index < -0.39 is 27.7 Å². The molecule has 4 nitrogen and oxygen atoms in total. The lowest BCUT2D eigenvalue weighted by Gasteiger charge is -2.13. The lowest BCUT2D eigenvalue weighted by atomic mass is 10.2. The third kappa shape index (κ3) is 3.43. The van der Waals surface area contributed by atoms with Crippen LogP contribution in [0.2, 0.25) is 0 Å². The Morgan fingerprint density at radius 3 is 2.60 bits per heavy atom. The molecule has 1 unspecified atom stereocenters. The first-order valence-electron chi connectivity index (χ1n) is 5.88. The SMILES string of the molecule is CC(Cc1ccco1)NS(=O)(=O)c1ccc(F)c(F)c1. The van der Waals surface area contributed by atoms with Crippen LogP contribution in [0.3, 0.4) is 0 Å². The Morgan fingerprint density at radius 1 is 1.25 bits per heavy atom. The van der Waals surface area contributed by atoms with Crippen LogP contribution in [0.15, 0.2) is 45.9 Å². The Balaban J connectivity index is 2.12. The summed E-state index contributed by atoms with van der Waals surface area (Å²) < 4.78 is 57.4. The molecular weight excluding hydrogens is 288 g/mol. The zero-order valence-electron chi connectivity index (χ0n) is 10.6. The van der Waals surface area contributed by atoms with Crippen molar-refractivity contribution in [2.45, 2.75) is 24.3 Å². The summed E-state index contributed by atoms with van der Waals surface area (Å²) in [7, 11) is -3.90. The van der Waals surface area contributed by atoms with Crippen molar-refractivity contribution < 1.29 is 21.6 Å². The van der Waals surface area contributed by atoms with Gasteiger partial charge in [-0.15, -0.1) is 0 Å². The molecule has 7 heteroatoms. The van der Waals surface area contributed by atoms with Crippen LogP contribution in [0.5, 0.6) is 0 Å². The van der Waals surface area contributed by atoms with Gasteiger partial charge < -0.3 is 4.42 Å². The van der Waals surface area contributed by atoms with E-state index in [1.807, 2.05) is 0 Å². The fourth-order valence-electron chi connectivity index (χ4n) is 1.75. The van der Waals surface area contributed by atoms with Crippen molar-refractivity contribution in [2.75, 3.05) is 0 Å². The van der Waals surface area contributed by atoms with Gasteiger partial charge in [0.15, 0.2) is 11.6 Å². The summed E-state index contributed by atoms with van der Waals surface area (Å²) in [5, 5.41) is 0. The van der Waals surface area contributed by atoms with Gasteiger partial charge in [-0.05, 0) is 37.3 Å². The molecule has 0 aliphatic carbocycles. The normalized spacial score (nSPS) is 13.3. The molecule has 1 atom stereocenters. The predicted molar refractivity (Wildman–Crippen MR) is 68.6 cm³/mol. The van der Waals surface area contributed by atoms with Gasteiger partial charge in [0.05, 0.1) is 11.2 Å². The summed E-state index contributed by atoms with van der Waals surface area (Å²) in [6.07, 6.45) is 1.85. The van der Waals surface area contributed by atoms with Gasteiger partial charge in [0.25, 0.3) is 0 Å². The molecule has 1 heterocycles. The molecule has 0 fully saturated rings. The summed E-state index contributed by atoms with van der Waals surface area (Å²) in [5.74, 6) is -1.66. The lowest BCUT2D eigenvalue weighted by molar-refractivity contribution is 0.478. The Kier molecular flexibility index (Phi) is 4.20. The van der Waals surface area contributed by atoms with Gasteiger partial charge in [-0.3, -0.25) is 0 Å². The third-order valence-corrected chi connectivity index (χ3v) is 4.23. The number of furan rings is 1. The molecule has 0 saturated heterocycles. The maximum atomic E-state index is 13.1. The van der Waals surface area contributed by atoms with Crippen LogP contribution in [0, 0.1) is 11.6 Å². The van der Waals surface area contributed by atoms with Gasteiger partial charge in [0.2, 0.25) is 10.0 Å². The molecule has 20 heavy (non-hydrogen) atoms. The Bertz CT molecular complexity index is 684. The second kappa shape index (κ2) is 5.72. The van der Waals surface area contributed by atoms with Crippen LogP contribution in [0.4, 0.5) is 8.78 Å². The maximum absolute atomic E-state index is 13.1. The molecule has 0 amide bonds. The second-order valence-corrected chi connectivity index (χ2v) is 6.10. The fraction of sp³-hybridized carbons (Fsp3) is 0.231. The molecule has 2 rings (SSSR count). The van der Waals surface area contributed by atoms with Crippen molar-refractivity contribution >= 4 is 10.0 Å². The molecule has 1 aromatic carbocycles. The average Bonchev–Trinajstić information content (AvgIpc) is 2.84. The standard InChI is InChI=1S/C13H13F2NO3S/c1-9(7-10-3-2-6-19-10)16-20(17,18)11-4-5-12(14)13(15)8-11/h2-6,8-9,16H,7H2,1H3. The lowest BCUT2D eigenvalue weighted by Crippen LogP contribution is -2.34. The average molecular weight is 301 g/mol. The van der Waals surface area contributed by atoms with Gasteiger partial charge >= 0.3 is 0 Å². The summed E-state index contributed by atoms with van der Waals surface area (Å²) in [5.41, 5.74) is 0. The summed E-state index contributed by atoms with van der Waals surface area (Å²) in [6, 6.07) is 5.42. The quantitative estimate of drug-likeness (QED) is 0.923. The van der Waals surface area contributed by atoms with E-state index in [1.54, 1.807) is 19.1 Å². The highest BCUT2D eigenvalue weighted by Crippen LogP contribution is 2.14. The minimum atomic E-state index is -3.90. The molecule has 1 aromatic heterocycles. The number of hydrogen-bond acceptors (Lipinski definition) is 3. The second-order valence-electron chi connectivity index (χ2n) is 4.38. The highest BCUT2D eigenvalue weighted by Gasteiger charge is 2.19. The molecule has 0 bridgehead atoms. The van der Waals surface area contributed by atoms with Gasteiger partial charge in [-0.25, -0.2) is 21.9 Å². The molecule has 0 saturated carbocycles. The van der Waals surface area contributed by atoms with E-state index in [-0.39, 0.29) is 4.90 Å². The van der Waals surface area contributed by atoms with Crippen LogP contribution < -0.4 is 4.72 Å². The first kappa shape index (κ1) is 14.7. The summed E-state index contributed by atoms with van der Waals surface area (Å²) >= 11 is 0. The molecule has 0 aliphatic heterocycles. The number of benzene rings is 1. The Morgan fingerprint density at radius 2 is 2.00 bits per heavy atom. The van der Waals surface area contributed by atoms with Crippen molar-refractivity contribution in [1.82, 2.24) is 4.72 Å². The highest BCUT2D eigenvalue weighted by molar-refractivity contribution is 7.89. The van der Waals surface area contributed by atoms with Crippen LogP contribution in [0.25, 0.3) is 0 Å². The number of hydrogen-bond donors (Lipinski definition) is 1. The van der Waals surface area contributed by atoms with E-state index >= 15 is 0 Å². The Hall–Kier alpha value is -1.73. The molecule has 0 radical (unpaired) electrons. The maximum Gasteiger partial charge on any atom is 0.240 e. The van der Waals surface area contributed by atoms with Crippen molar-refractivity contribution in [2.24, 2.45) is 0 Å². The number of sulfonamides is 1. The minimum absolute atomic E-state index is 0.317. The summed E-state index contributed by atoms with van der Waals surface area (Å²) in [6.45, 7) is 1.65. The number of rotatable bonds is 5. The van der Waals surface area contributed by atoms with Crippen molar-refractivity contribution in [3.8, 4) is 0 Å². The van der Waals surface area contributed by atoms with Gasteiger partial charge in [-0.1, -0.05) is 0 Å². The van der Waals surface area contributed by atoms with Gasteiger partial charge in [0.1, 0.15) is 5.76 Å². The molecule has 0 aliphatic rings. The van der Waals surface area contributed by atoms with Crippen LogP contribution >= 0.6 is 0 Å². The van der Waals surface area contributed by atoms with Gasteiger partial charge in [0, 0.05) is 12.5 Å². The van der Waals surface area contributed by atoms with Crippen LogP contribution in [-0.4, -0.2) is 14.5 Å². The topological polar surface area (TPSA) is 59.3 Å². The minimum Gasteiger partial charge on any atom is -0.469 e. The molecule has 0 spiro atoms. The fourth-order valence-corrected chi connectivity index (χ4v) is 3.00. The molecule has 1 N–H and O–H groups in total. The first-order chi connectivity index (χ1) is 9.38. The first-order valence-corrected chi connectivity index (χ1v) is 7.36. The van der Waals surface area contributed by atoms with Crippen molar-refractivity contribution in [3.63, 3.8) is 0 Å². The van der Waals surface area contributed by atoms with E-state index in [0.717, 1.165) is 12.1 Å².